The molecule has 0 aromatic carbocycles. The van der Waals surface area contributed by atoms with Crippen LogP contribution in [-0.2, 0) is 9.84 Å². The Labute approximate surface area is 143 Å². The molecule has 0 radical (unpaired) electrons. The number of amides is 1. The van der Waals surface area contributed by atoms with Gasteiger partial charge in [0.25, 0.3) is 5.91 Å². The number of hydrogen-bond donors (Lipinski definition) is 0. The number of carbonyl (C=O) groups is 1. The van der Waals surface area contributed by atoms with Crippen LogP contribution in [0.25, 0.3) is 0 Å². The van der Waals surface area contributed by atoms with E-state index in [-0.39, 0.29) is 23.5 Å². The van der Waals surface area contributed by atoms with E-state index in [9.17, 15) is 13.2 Å². The van der Waals surface area contributed by atoms with Crippen molar-refractivity contribution in [1.29, 1.82) is 0 Å². The van der Waals surface area contributed by atoms with Crippen LogP contribution in [0.2, 0.25) is 0 Å². The Balaban J connectivity index is 1.66. The second kappa shape index (κ2) is 6.66. The maximum absolute atomic E-state index is 12.5. The van der Waals surface area contributed by atoms with Crippen molar-refractivity contribution in [1.82, 2.24) is 14.9 Å². The van der Waals surface area contributed by atoms with Crippen LogP contribution in [0, 0.1) is 5.92 Å². The minimum absolute atomic E-state index is 0.0746. The van der Waals surface area contributed by atoms with Crippen LogP contribution in [0.15, 0.2) is 12.4 Å². The highest BCUT2D eigenvalue weighted by Gasteiger charge is 2.31. The van der Waals surface area contributed by atoms with Crippen molar-refractivity contribution in [3.8, 4) is 0 Å². The molecule has 3 rings (SSSR count). The van der Waals surface area contributed by atoms with Gasteiger partial charge in [0.1, 0.15) is 11.5 Å². The average molecular weight is 352 g/mol. The zero-order chi connectivity index (χ0) is 17.3. The summed E-state index contributed by atoms with van der Waals surface area (Å²) < 4.78 is 23.2. The zero-order valence-corrected chi connectivity index (χ0v) is 15.0. The molecule has 0 N–H and O–H groups in total. The van der Waals surface area contributed by atoms with E-state index in [4.69, 9.17) is 0 Å². The van der Waals surface area contributed by atoms with Gasteiger partial charge in [-0.3, -0.25) is 4.79 Å². The molecule has 132 valence electrons. The van der Waals surface area contributed by atoms with Crippen LogP contribution in [-0.4, -0.2) is 66.9 Å². The Bertz CT molecular complexity index is 697. The molecule has 2 aliphatic rings. The van der Waals surface area contributed by atoms with E-state index in [0.29, 0.717) is 23.9 Å². The van der Waals surface area contributed by atoms with Crippen LogP contribution in [0.5, 0.6) is 0 Å². The highest BCUT2D eigenvalue weighted by Crippen LogP contribution is 2.21. The molecule has 2 saturated heterocycles. The van der Waals surface area contributed by atoms with Crippen molar-refractivity contribution in [2.45, 2.75) is 32.2 Å². The number of aromatic nitrogens is 2. The summed E-state index contributed by atoms with van der Waals surface area (Å²) in [5, 5.41) is 0. The fourth-order valence-electron chi connectivity index (χ4n) is 3.26. The third kappa shape index (κ3) is 3.68. The fraction of sp³-hybridized carbons (Fsp3) is 0.688. The van der Waals surface area contributed by atoms with Gasteiger partial charge in [-0.25, -0.2) is 18.4 Å². The SMILES string of the molecule is CC1CCN(C(=O)c2cnc(N(C)C3CCS(=O)(=O)C3)cn2)CC1. The Morgan fingerprint density at radius 3 is 2.46 bits per heavy atom. The van der Waals surface area contributed by atoms with Crippen LogP contribution in [0.1, 0.15) is 36.7 Å². The van der Waals surface area contributed by atoms with Gasteiger partial charge in [-0.15, -0.1) is 0 Å². The topological polar surface area (TPSA) is 83.5 Å². The Morgan fingerprint density at radius 2 is 1.92 bits per heavy atom. The second-order valence-corrected chi connectivity index (χ2v) is 9.13. The molecular weight excluding hydrogens is 328 g/mol. The van der Waals surface area contributed by atoms with E-state index in [0.717, 1.165) is 25.9 Å². The number of carbonyl (C=O) groups excluding carboxylic acids is 1. The van der Waals surface area contributed by atoms with Gasteiger partial charge in [0.05, 0.1) is 23.9 Å². The predicted molar refractivity (Wildman–Crippen MR) is 91.8 cm³/mol. The zero-order valence-electron chi connectivity index (χ0n) is 14.2. The average Bonchev–Trinajstić information content (AvgIpc) is 2.94. The lowest BCUT2D eigenvalue weighted by molar-refractivity contribution is 0.0691. The molecule has 0 aliphatic carbocycles. The smallest absolute Gasteiger partial charge is 0.274 e. The summed E-state index contributed by atoms with van der Waals surface area (Å²) in [6, 6.07) is -0.0746. The minimum atomic E-state index is -2.94. The monoisotopic (exact) mass is 352 g/mol. The molecule has 1 aromatic heterocycles. The van der Waals surface area contributed by atoms with Crippen LogP contribution in [0.4, 0.5) is 5.82 Å². The lowest BCUT2D eigenvalue weighted by Gasteiger charge is -2.30. The first-order valence-electron chi connectivity index (χ1n) is 8.40. The van der Waals surface area contributed by atoms with Crippen LogP contribution in [0.3, 0.4) is 0 Å². The molecule has 7 nitrogen and oxygen atoms in total. The van der Waals surface area contributed by atoms with Gasteiger partial charge >= 0.3 is 0 Å². The molecule has 3 heterocycles. The van der Waals surface area contributed by atoms with E-state index in [2.05, 4.69) is 16.9 Å². The third-order valence-corrected chi connectivity index (χ3v) is 6.80. The number of likely N-dealkylation sites (tertiary alicyclic amines) is 1. The predicted octanol–water partition coefficient (Wildman–Crippen LogP) is 0.972. The van der Waals surface area contributed by atoms with Gasteiger partial charge in [0, 0.05) is 26.2 Å². The Morgan fingerprint density at radius 1 is 1.21 bits per heavy atom. The Hall–Kier alpha value is -1.70. The maximum atomic E-state index is 12.5. The summed E-state index contributed by atoms with van der Waals surface area (Å²) in [6.45, 7) is 3.74. The molecule has 0 spiro atoms. The summed E-state index contributed by atoms with van der Waals surface area (Å²) >= 11 is 0. The van der Waals surface area contributed by atoms with Crippen molar-refractivity contribution in [3.63, 3.8) is 0 Å². The standard InChI is InChI=1S/C16H24N4O3S/c1-12-3-6-20(7-4-12)16(21)14-9-18-15(10-17-14)19(2)13-5-8-24(22,23)11-13/h9-10,12-13H,3-8,11H2,1-2H3. The lowest BCUT2D eigenvalue weighted by atomic mass is 9.99. The van der Waals surface area contributed by atoms with E-state index in [1.54, 1.807) is 6.20 Å². The first-order chi connectivity index (χ1) is 11.4. The van der Waals surface area contributed by atoms with E-state index in [1.807, 2.05) is 16.8 Å². The lowest BCUT2D eigenvalue weighted by Crippen LogP contribution is -2.38. The van der Waals surface area contributed by atoms with Gasteiger partial charge in [0.2, 0.25) is 0 Å². The molecule has 2 fully saturated rings. The van der Waals surface area contributed by atoms with Crippen LogP contribution < -0.4 is 4.90 Å². The van der Waals surface area contributed by atoms with Gasteiger partial charge < -0.3 is 9.80 Å². The molecule has 8 heteroatoms. The molecular formula is C16H24N4O3S. The first-order valence-corrected chi connectivity index (χ1v) is 10.2. The number of piperidine rings is 1. The number of nitrogens with zero attached hydrogens (tertiary/aromatic N) is 4. The summed E-state index contributed by atoms with van der Waals surface area (Å²) in [5.74, 6) is 1.56. The number of anilines is 1. The normalized spacial score (nSPS) is 24.1. The molecule has 0 bridgehead atoms. The van der Waals surface area contributed by atoms with Crippen molar-refractivity contribution >= 4 is 21.6 Å². The minimum Gasteiger partial charge on any atom is -0.354 e. The molecule has 1 aromatic rings. The van der Waals surface area contributed by atoms with Crippen molar-refractivity contribution in [3.05, 3.63) is 18.1 Å². The summed E-state index contributed by atoms with van der Waals surface area (Å²) in [4.78, 5) is 24.7. The molecule has 24 heavy (non-hydrogen) atoms. The fourth-order valence-corrected chi connectivity index (χ4v) is 5.03. The van der Waals surface area contributed by atoms with Crippen molar-refractivity contribution < 1.29 is 13.2 Å². The molecule has 1 amide bonds. The highest BCUT2D eigenvalue weighted by molar-refractivity contribution is 7.91. The quantitative estimate of drug-likeness (QED) is 0.806. The summed E-state index contributed by atoms with van der Waals surface area (Å²) in [7, 11) is -1.12. The molecule has 2 aliphatic heterocycles. The van der Waals surface area contributed by atoms with Crippen molar-refractivity contribution in [2.75, 3.05) is 36.5 Å². The van der Waals surface area contributed by atoms with Crippen LogP contribution >= 0.6 is 0 Å². The number of hydrogen-bond acceptors (Lipinski definition) is 6. The van der Waals surface area contributed by atoms with Gasteiger partial charge in [-0.2, -0.15) is 0 Å². The number of sulfone groups is 1. The summed E-state index contributed by atoms with van der Waals surface area (Å²) in [6.07, 6.45) is 5.71. The first kappa shape index (κ1) is 17.1. The molecule has 0 saturated carbocycles. The van der Waals surface area contributed by atoms with Gasteiger partial charge in [-0.05, 0) is 25.2 Å². The van der Waals surface area contributed by atoms with Gasteiger partial charge in [0.15, 0.2) is 9.84 Å². The van der Waals surface area contributed by atoms with E-state index in [1.165, 1.54) is 6.20 Å². The van der Waals surface area contributed by atoms with E-state index >= 15 is 0 Å². The largest absolute Gasteiger partial charge is 0.354 e. The molecule has 1 unspecified atom stereocenters. The van der Waals surface area contributed by atoms with Crippen molar-refractivity contribution in [2.24, 2.45) is 5.92 Å². The molecule has 1 atom stereocenters. The number of rotatable bonds is 3. The third-order valence-electron chi connectivity index (χ3n) is 5.05. The highest BCUT2D eigenvalue weighted by atomic mass is 32.2. The summed E-state index contributed by atoms with van der Waals surface area (Å²) in [5.41, 5.74) is 0.348. The van der Waals surface area contributed by atoms with E-state index < -0.39 is 9.84 Å². The maximum Gasteiger partial charge on any atom is 0.274 e. The Kier molecular flexibility index (Phi) is 4.76. The van der Waals surface area contributed by atoms with Gasteiger partial charge in [-0.1, -0.05) is 6.92 Å². The second-order valence-electron chi connectivity index (χ2n) is 6.90.